The summed E-state index contributed by atoms with van der Waals surface area (Å²) in [4.78, 5) is 26.9. The van der Waals surface area contributed by atoms with Crippen LogP contribution >= 0.6 is 0 Å². The largest absolute Gasteiger partial charge is 0.371 e. The van der Waals surface area contributed by atoms with Gasteiger partial charge in [0.2, 0.25) is 5.91 Å². The van der Waals surface area contributed by atoms with E-state index in [0.717, 1.165) is 30.8 Å². The summed E-state index contributed by atoms with van der Waals surface area (Å²) < 4.78 is 0. The van der Waals surface area contributed by atoms with Gasteiger partial charge in [-0.15, -0.1) is 0 Å². The van der Waals surface area contributed by atoms with Gasteiger partial charge in [0.1, 0.15) is 0 Å². The first-order valence-corrected chi connectivity index (χ1v) is 7.04. The highest BCUT2D eigenvalue weighted by molar-refractivity contribution is 5.93. The molecule has 0 radical (unpaired) electrons. The number of piperazine rings is 1. The van der Waals surface area contributed by atoms with Gasteiger partial charge in [-0.1, -0.05) is 19.6 Å². The maximum atomic E-state index is 11.5. The molecule has 0 aromatic carbocycles. The van der Waals surface area contributed by atoms with Crippen molar-refractivity contribution in [2.45, 2.75) is 27.2 Å². The lowest BCUT2D eigenvalue weighted by Crippen LogP contribution is -2.47. The molecule has 1 aliphatic rings. The highest BCUT2D eigenvalue weighted by Gasteiger charge is 2.18. The van der Waals surface area contributed by atoms with E-state index in [0.29, 0.717) is 13.1 Å². The Balaban J connectivity index is 2.62. The average Bonchev–Trinajstić information content (AvgIpc) is 2.46. The fourth-order valence-electron chi connectivity index (χ4n) is 2.22. The van der Waals surface area contributed by atoms with Gasteiger partial charge in [-0.05, 0) is 38.0 Å². The molecule has 110 valence electrons. The number of amides is 1. The average molecular weight is 276 g/mol. The summed E-state index contributed by atoms with van der Waals surface area (Å²) in [5, 5.41) is 0. The van der Waals surface area contributed by atoms with Crippen LogP contribution in [0.15, 0.2) is 36.1 Å². The van der Waals surface area contributed by atoms with Crippen LogP contribution < -0.4 is 0 Å². The van der Waals surface area contributed by atoms with Gasteiger partial charge in [-0.2, -0.15) is 0 Å². The van der Waals surface area contributed by atoms with Gasteiger partial charge in [0.05, 0.1) is 0 Å². The zero-order valence-electron chi connectivity index (χ0n) is 12.7. The number of carbonyl (C=O) groups is 2. The van der Waals surface area contributed by atoms with Crippen molar-refractivity contribution < 1.29 is 9.59 Å². The SMILES string of the molecule is C=CC(=O)N1CCN(/C(C)=C/C=C(\CC)C(C)=O)CC1. The summed E-state index contributed by atoms with van der Waals surface area (Å²) in [7, 11) is 0. The summed E-state index contributed by atoms with van der Waals surface area (Å²) in [6.45, 7) is 12.2. The summed E-state index contributed by atoms with van der Waals surface area (Å²) >= 11 is 0. The van der Waals surface area contributed by atoms with E-state index in [9.17, 15) is 9.59 Å². The van der Waals surface area contributed by atoms with E-state index in [1.807, 2.05) is 26.0 Å². The van der Waals surface area contributed by atoms with Crippen molar-refractivity contribution >= 4 is 11.7 Å². The summed E-state index contributed by atoms with van der Waals surface area (Å²) in [5.41, 5.74) is 1.97. The fourth-order valence-corrected chi connectivity index (χ4v) is 2.22. The van der Waals surface area contributed by atoms with Crippen LogP contribution in [-0.2, 0) is 9.59 Å². The standard InChI is InChI=1S/C16H24N2O2/c1-5-15(14(4)19)8-7-13(3)17-9-11-18(12-10-17)16(20)6-2/h6-8H,2,5,9-12H2,1,3-4H3/b13-7+,15-8+. The second-order valence-corrected chi connectivity index (χ2v) is 4.93. The van der Waals surface area contributed by atoms with Crippen LogP contribution in [0.5, 0.6) is 0 Å². The number of nitrogens with zero attached hydrogens (tertiary/aromatic N) is 2. The van der Waals surface area contributed by atoms with Crippen LogP contribution in [0.25, 0.3) is 0 Å². The van der Waals surface area contributed by atoms with Gasteiger partial charge >= 0.3 is 0 Å². The topological polar surface area (TPSA) is 40.6 Å². The van der Waals surface area contributed by atoms with Gasteiger partial charge in [0.15, 0.2) is 5.78 Å². The molecule has 0 bridgehead atoms. The summed E-state index contributed by atoms with van der Waals surface area (Å²) in [5.74, 6) is 0.119. The molecule has 4 heteroatoms. The molecular formula is C16H24N2O2. The van der Waals surface area contributed by atoms with E-state index in [2.05, 4.69) is 11.5 Å². The lowest BCUT2D eigenvalue weighted by Gasteiger charge is -2.36. The molecule has 1 fully saturated rings. The minimum absolute atomic E-state index is 0.00368. The van der Waals surface area contributed by atoms with E-state index in [4.69, 9.17) is 0 Å². The Hall–Kier alpha value is -1.84. The molecule has 0 aliphatic carbocycles. The molecule has 1 rings (SSSR count). The van der Waals surface area contributed by atoms with Gasteiger partial charge in [-0.3, -0.25) is 9.59 Å². The Labute approximate surface area is 121 Å². The van der Waals surface area contributed by atoms with Crippen molar-refractivity contribution in [3.05, 3.63) is 36.1 Å². The van der Waals surface area contributed by atoms with E-state index in [1.165, 1.54) is 6.08 Å². The second-order valence-electron chi connectivity index (χ2n) is 4.93. The van der Waals surface area contributed by atoms with Crippen molar-refractivity contribution in [3.8, 4) is 0 Å². The molecule has 1 aliphatic heterocycles. The molecule has 1 saturated heterocycles. The molecule has 0 spiro atoms. The molecule has 0 atom stereocenters. The number of hydrogen-bond donors (Lipinski definition) is 0. The maximum absolute atomic E-state index is 11.5. The Morgan fingerprint density at radius 1 is 1.05 bits per heavy atom. The van der Waals surface area contributed by atoms with Crippen molar-refractivity contribution in [2.24, 2.45) is 0 Å². The lowest BCUT2D eigenvalue weighted by molar-refractivity contribution is -0.127. The number of Topliss-reactive ketones (excluding diaryl/α,β-unsaturated/α-hetero) is 1. The third-order valence-corrected chi connectivity index (χ3v) is 3.62. The smallest absolute Gasteiger partial charge is 0.246 e. The Morgan fingerprint density at radius 3 is 2.05 bits per heavy atom. The Morgan fingerprint density at radius 2 is 1.60 bits per heavy atom. The van der Waals surface area contributed by atoms with Gasteiger partial charge in [0, 0.05) is 31.9 Å². The predicted octanol–water partition coefficient (Wildman–Crippen LogP) is 2.15. The van der Waals surface area contributed by atoms with Crippen LogP contribution in [0.2, 0.25) is 0 Å². The fraction of sp³-hybridized carbons (Fsp3) is 0.500. The monoisotopic (exact) mass is 276 g/mol. The van der Waals surface area contributed by atoms with E-state index in [1.54, 1.807) is 11.8 Å². The van der Waals surface area contributed by atoms with Crippen LogP contribution in [0.3, 0.4) is 0 Å². The molecule has 1 amide bonds. The Bertz CT molecular complexity index is 441. The minimum atomic E-state index is -0.00368. The highest BCUT2D eigenvalue weighted by Crippen LogP contribution is 2.11. The zero-order chi connectivity index (χ0) is 15.1. The van der Waals surface area contributed by atoms with Crippen molar-refractivity contribution in [1.29, 1.82) is 0 Å². The molecule has 0 saturated carbocycles. The number of hydrogen-bond acceptors (Lipinski definition) is 3. The normalized spacial score (nSPS) is 17.1. The third-order valence-electron chi connectivity index (χ3n) is 3.62. The first kappa shape index (κ1) is 16.2. The molecule has 0 aromatic rings. The number of rotatable bonds is 5. The summed E-state index contributed by atoms with van der Waals surface area (Å²) in [6.07, 6.45) is 6.01. The maximum Gasteiger partial charge on any atom is 0.246 e. The van der Waals surface area contributed by atoms with Crippen molar-refractivity contribution in [2.75, 3.05) is 26.2 Å². The first-order chi connectivity index (χ1) is 9.49. The second kappa shape index (κ2) is 7.68. The van der Waals surface area contributed by atoms with Crippen LogP contribution in [-0.4, -0.2) is 47.7 Å². The van der Waals surface area contributed by atoms with Crippen molar-refractivity contribution in [3.63, 3.8) is 0 Å². The number of allylic oxidation sites excluding steroid dienone is 4. The van der Waals surface area contributed by atoms with Gasteiger partial charge < -0.3 is 9.80 Å². The van der Waals surface area contributed by atoms with E-state index < -0.39 is 0 Å². The highest BCUT2D eigenvalue weighted by atomic mass is 16.2. The lowest BCUT2D eigenvalue weighted by atomic mass is 10.1. The van der Waals surface area contributed by atoms with Crippen LogP contribution in [0.1, 0.15) is 27.2 Å². The quantitative estimate of drug-likeness (QED) is 0.570. The summed E-state index contributed by atoms with van der Waals surface area (Å²) in [6, 6.07) is 0. The molecule has 0 unspecified atom stereocenters. The van der Waals surface area contributed by atoms with Crippen molar-refractivity contribution in [1.82, 2.24) is 9.80 Å². The molecule has 0 N–H and O–H groups in total. The minimum Gasteiger partial charge on any atom is -0.371 e. The molecule has 20 heavy (non-hydrogen) atoms. The molecular weight excluding hydrogens is 252 g/mol. The van der Waals surface area contributed by atoms with E-state index >= 15 is 0 Å². The van der Waals surface area contributed by atoms with Crippen LogP contribution in [0.4, 0.5) is 0 Å². The number of carbonyl (C=O) groups excluding carboxylic acids is 2. The zero-order valence-corrected chi connectivity index (χ0v) is 12.7. The van der Waals surface area contributed by atoms with E-state index in [-0.39, 0.29) is 11.7 Å². The predicted molar refractivity (Wildman–Crippen MR) is 81.2 cm³/mol. The third kappa shape index (κ3) is 4.37. The molecule has 1 heterocycles. The molecule has 4 nitrogen and oxygen atoms in total. The Kier molecular flexibility index (Phi) is 6.22. The number of ketones is 1. The first-order valence-electron chi connectivity index (χ1n) is 7.04. The van der Waals surface area contributed by atoms with Crippen LogP contribution in [0, 0.1) is 0 Å². The molecule has 0 aromatic heterocycles. The van der Waals surface area contributed by atoms with Gasteiger partial charge in [0.25, 0.3) is 0 Å². The van der Waals surface area contributed by atoms with Gasteiger partial charge in [-0.25, -0.2) is 0 Å².